The molecule has 1 aliphatic rings. The molecular formula is C13H17F3N2. The van der Waals surface area contributed by atoms with E-state index in [0.29, 0.717) is 5.69 Å². The lowest BCUT2D eigenvalue weighted by Gasteiger charge is -2.33. The van der Waals surface area contributed by atoms with Gasteiger partial charge >= 0.3 is 6.18 Å². The maximum absolute atomic E-state index is 12.6. The van der Waals surface area contributed by atoms with E-state index in [1.165, 1.54) is 12.1 Å². The van der Waals surface area contributed by atoms with Crippen LogP contribution in [0.25, 0.3) is 0 Å². The van der Waals surface area contributed by atoms with Gasteiger partial charge < -0.3 is 10.2 Å². The highest BCUT2D eigenvalue weighted by molar-refractivity contribution is 5.49. The van der Waals surface area contributed by atoms with Gasteiger partial charge in [0, 0.05) is 25.3 Å². The maximum Gasteiger partial charge on any atom is 0.416 e. The number of likely N-dealkylation sites (N-methyl/N-ethyl adjacent to an activating group) is 1. The van der Waals surface area contributed by atoms with Crippen LogP contribution in [0.1, 0.15) is 18.4 Å². The third kappa shape index (κ3) is 2.96. The Morgan fingerprint density at radius 1 is 1.33 bits per heavy atom. The number of halogens is 3. The van der Waals surface area contributed by atoms with Crippen molar-refractivity contribution in [3.05, 3.63) is 29.8 Å². The first-order valence-corrected chi connectivity index (χ1v) is 6.09. The number of anilines is 1. The van der Waals surface area contributed by atoms with Crippen molar-refractivity contribution in [2.45, 2.75) is 25.1 Å². The van der Waals surface area contributed by atoms with Crippen LogP contribution in [0.3, 0.4) is 0 Å². The molecule has 0 aromatic heterocycles. The minimum Gasteiger partial charge on any atom is -0.370 e. The summed E-state index contributed by atoms with van der Waals surface area (Å²) in [7, 11) is 1.85. The Kier molecular flexibility index (Phi) is 3.80. The Labute approximate surface area is 105 Å². The highest BCUT2D eigenvalue weighted by Crippen LogP contribution is 2.32. The van der Waals surface area contributed by atoms with Gasteiger partial charge in [-0.3, -0.25) is 0 Å². The molecule has 0 amide bonds. The lowest BCUT2D eigenvalue weighted by Crippen LogP contribution is -2.44. The fraction of sp³-hybridized carbons (Fsp3) is 0.538. The van der Waals surface area contributed by atoms with Crippen LogP contribution in [0.4, 0.5) is 18.9 Å². The van der Waals surface area contributed by atoms with Gasteiger partial charge in [-0.25, -0.2) is 0 Å². The molecule has 0 saturated carbocycles. The topological polar surface area (TPSA) is 15.3 Å². The van der Waals surface area contributed by atoms with Crippen molar-refractivity contribution < 1.29 is 13.2 Å². The highest BCUT2D eigenvalue weighted by atomic mass is 19.4. The van der Waals surface area contributed by atoms with E-state index in [4.69, 9.17) is 0 Å². The lowest BCUT2D eigenvalue weighted by molar-refractivity contribution is -0.137. The quantitative estimate of drug-likeness (QED) is 0.877. The van der Waals surface area contributed by atoms with Crippen molar-refractivity contribution in [3.8, 4) is 0 Å². The summed E-state index contributed by atoms with van der Waals surface area (Å²) in [5.74, 6) is 0. The van der Waals surface area contributed by atoms with E-state index in [1.54, 1.807) is 6.07 Å². The first-order chi connectivity index (χ1) is 8.48. The molecule has 0 aliphatic carbocycles. The molecule has 2 rings (SSSR count). The predicted octanol–water partition coefficient (Wildman–Crippen LogP) is 2.89. The second-order valence-electron chi connectivity index (χ2n) is 4.66. The van der Waals surface area contributed by atoms with Crippen molar-refractivity contribution in [1.82, 2.24) is 5.32 Å². The first-order valence-electron chi connectivity index (χ1n) is 6.09. The molecular weight excluding hydrogens is 241 g/mol. The molecule has 100 valence electrons. The van der Waals surface area contributed by atoms with E-state index >= 15 is 0 Å². The Morgan fingerprint density at radius 3 is 2.72 bits per heavy atom. The molecule has 5 heteroatoms. The molecule has 1 N–H and O–H groups in total. The van der Waals surface area contributed by atoms with Gasteiger partial charge in [0.15, 0.2) is 0 Å². The van der Waals surface area contributed by atoms with Crippen molar-refractivity contribution in [1.29, 1.82) is 0 Å². The fourth-order valence-corrected chi connectivity index (χ4v) is 2.28. The number of alkyl halides is 3. The van der Waals surface area contributed by atoms with Crippen molar-refractivity contribution in [2.24, 2.45) is 0 Å². The first kappa shape index (κ1) is 13.2. The standard InChI is InChI=1S/C13H17F3N2/c1-18(12-6-3-7-17-9-12)11-5-2-4-10(8-11)13(14,15)16/h2,4-5,8,12,17H,3,6-7,9H2,1H3. The van der Waals surface area contributed by atoms with E-state index in [0.717, 1.165) is 32.0 Å². The maximum atomic E-state index is 12.6. The summed E-state index contributed by atoms with van der Waals surface area (Å²) >= 11 is 0. The second kappa shape index (κ2) is 5.18. The summed E-state index contributed by atoms with van der Waals surface area (Å²) < 4.78 is 37.9. The van der Waals surface area contributed by atoms with Gasteiger partial charge in [0.25, 0.3) is 0 Å². The fourth-order valence-electron chi connectivity index (χ4n) is 2.28. The third-order valence-corrected chi connectivity index (χ3v) is 3.40. The molecule has 2 nitrogen and oxygen atoms in total. The SMILES string of the molecule is CN(c1cccc(C(F)(F)F)c1)C1CCCNC1. The van der Waals surface area contributed by atoms with Crippen molar-refractivity contribution >= 4 is 5.69 Å². The Morgan fingerprint density at radius 2 is 2.11 bits per heavy atom. The molecule has 18 heavy (non-hydrogen) atoms. The molecule has 0 spiro atoms. The molecule has 1 atom stereocenters. The molecule has 0 bridgehead atoms. The molecule has 1 unspecified atom stereocenters. The van der Waals surface area contributed by atoms with Gasteiger partial charge in [0.2, 0.25) is 0 Å². The summed E-state index contributed by atoms with van der Waals surface area (Å²) in [6.07, 6.45) is -2.20. The van der Waals surface area contributed by atoms with Gasteiger partial charge in [0.05, 0.1) is 5.56 Å². The number of hydrogen-bond donors (Lipinski definition) is 1. The van der Waals surface area contributed by atoms with Crippen LogP contribution in [0.5, 0.6) is 0 Å². The summed E-state index contributed by atoms with van der Waals surface area (Å²) in [5.41, 5.74) is 0.0362. The van der Waals surface area contributed by atoms with Gasteiger partial charge in [0.1, 0.15) is 0 Å². The third-order valence-electron chi connectivity index (χ3n) is 3.40. The zero-order valence-corrected chi connectivity index (χ0v) is 10.3. The molecule has 1 aromatic rings. The van der Waals surface area contributed by atoms with Crippen LogP contribution < -0.4 is 10.2 Å². The molecule has 1 aliphatic heterocycles. The van der Waals surface area contributed by atoms with Gasteiger partial charge in [-0.15, -0.1) is 0 Å². The van der Waals surface area contributed by atoms with Crippen LogP contribution in [0.15, 0.2) is 24.3 Å². The number of benzene rings is 1. The zero-order valence-electron chi connectivity index (χ0n) is 10.3. The monoisotopic (exact) mass is 258 g/mol. The molecule has 1 aromatic carbocycles. The summed E-state index contributed by atoms with van der Waals surface area (Å²) in [5, 5.41) is 3.27. The zero-order chi connectivity index (χ0) is 13.2. The summed E-state index contributed by atoms with van der Waals surface area (Å²) in [6.45, 7) is 1.82. The van der Waals surface area contributed by atoms with E-state index in [-0.39, 0.29) is 6.04 Å². The van der Waals surface area contributed by atoms with Gasteiger partial charge in [-0.05, 0) is 37.6 Å². The number of rotatable bonds is 2. The number of nitrogens with one attached hydrogen (secondary N) is 1. The van der Waals surface area contributed by atoms with Gasteiger partial charge in [-0.1, -0.05) is 6.07 Å². The second-order valence-corrected chi connectivity index (χ2v) is 4.66. The number of hydrogen-bond acceptors (Lipinski definition) is 2. The highest BCUT2D eigenvalue weighted by Gasteiger charge is 2.31. The Bertz CT molecular complexity index is 397. The van der Waals surface area contributed by atoms with E-state index < -0.39 is 11.7 Å². The van der Waals surface area contributed by atoms with Crippen LogP contribution in [-0.2, 0) is 6.18 Å². The smallest absolute Gasteiger partial charge is 0.370 e. The van der Waals surface area contributed by atoms with E-state index in [1.807, 2.05) is 11.9 Å². The molecule has 0 radical (unpaired) electrons. The van der Waals surface area contributed by atoms with Crippen molar-refractivity contribution in [2.75, 3.05) is 25.0 Å². The normalized spacial score (nSPS) is 20.8. The van der Waals surface area contributed by atoms with Crippen LogP contribution in [0.2, 0.25) is 0 Å². The van der Waals surface area contributed by atoms with Crippen molar-refractivity contribution in [3.63, 3.8) is 0 Å². The summed E-state index contributed by atoms with van der Waals surface area (Å²) in [4.78, 5) is 1.93. The largest absolute Gasteiger partial charge is 0.416 e. The number of piperidine rings is 1. The lowest BCUT2D eigenvalue weighted by atomic mass is 10.1. The van der Waals surface area contributed by atoms with E-state index in [9.17, 15) is 13.2 Å². The minimum absolute atomic E-state index is 0.266. The van der Waals surface area contributed by atoms with Crippen LogP contribution in [-0.4, -0.2) is 26.2 Å². The molecule has 1 fully saturated rings. The van der Waals surface area contributed by atoms with Gasteiger partial charge in [-0.2, -0.15) is 13.2 Å². The Hall–Kier alpha value is -1.23. The average molecular weight is 258 g/mol. The minimum atomic E-state index is -4.28. The molecule has 1 saturated heterocycles. The molecule has 1 heterocycles. The van der Waals surface area contributed by atoms with E-state index in [2.05, 4.69) is 5.32 Å². The average Bonchev–Trinajstić information content (AvgIpc) is 2.38. The predicted molar refractivity (Wildman–Crippen MR) is 65.7 cm³/mol. The summed E-state index contributed by atoms with van der Waals surface area (Å²) in [6, 6.07) is 5.78. The Balaban J connectivity index is 2.17. The number of nitrogens with zero attached hydrogens (tertiary/aromatic N) is 1. The van der Waals surface area contributed by atoms with Crippen LogP contribution >= 0.6 is 0 Å². The van der Waals surface area contributed by atoms with Crippen LogP contribution in [0, 0.1) is 0 Å².